The molecule has 5 nitrogen and oxygen atoms in total. The molecule has 0 fully saturated rings. The van der Waals surface area contributed by atoms with Crippen LogP contribution in [0.3, 0.4) is 0 Å². The van der Waals surface area contributed by atoms with Crippen LogP contribution in [0.15, 0.2) is 42.5 Å². The minimum atomic E-state index is -0.170. The lowest BCUT2D eigenvalue weighted by Gasteiger charge is -2.13. The molecule has 25 heavy (non-hydrogen) atoms. The van der Waals surface area contributed by atoms with Crippen molar-refractivity contribution >= 4 is 11.8 Å². The van der Waals surface area contributed by atoms with E-state index >= 15 is 0 Å². The van der Waals surface area contributed by atoms with Gasteiger partial charge in [-0.15, -0.1) is 0 Å². The van der Waals surface area contributed by atoms with E-state index in [4.69, 9.17) is 9.47 Å². The minimum absolute atomic E-state index is 0.170. The third-order valence-electron chi connectivity index (χ3n) is 4.66. The van der Waals surface area contributed by atoms with Crippen LogP contribution in [0, 0.1) is 0 Å². The molecule has 0 radical (unpaired) electrons. The Balaban J connectivity index is 1.25. The topological polar surface area (TPSA) is 55.8 Å². The van der Waals surface area contributed by atoms with Crippen molar-refractivity contribution in [2.24, 2.45) is 0 Å². The van der Waals surface area contributed by atoms with E-state index in [0.717, 1.165) is 37.2 Å². The lowest BCUT2D eigenvalue weighted by molar-refractivity contribution is 0.0651. The summed E-state index contributed by atoms with van der Waals surface area (Å²) in [6.07, 6.45) is 3.72. The molecule has 0 bridgehead atoms. The van der Waals surface area contributed by atoms with Gasteiger partial charge in [-0.1, -0.05) is 24.6 Å². The van der Waals surface area contributed by atoms with Gasteiger partial charge >= 0.3 is 0 Å². The van der Waals surface area contributed by atoms with Gasteiger partial charge in [0.25, 0.3) is 11.8 Å². The van der Waals surface area contributed by atoms with Gasteiger partial charge in [0.15, 0.2) is 11.5 Å². The van der Waals surface area contributed by atoms with Crippen molar-refractivity contribution in [2.75, 3.05) is 13.3 Å². The lowest BCUT2D eigenvalue weighted by Crippen LogP contribution is -2.30. The SMILES string of the molecule is O=C1c2ccccc2C(=O)N1CCCCCc1ccc2c(c1)OCO2. The first-order chi connectivity index (χ1) is 12.2. The maximum Gasteiger partial charge on any atom is 0.261 e. The van der Waals surface area contributed by atoms with Crippen molar-refractivity contribution in [3.05, 3.63) is 59.2 Å². The molecule has 2 aromatic rings. The predicted molar refractivity (Wildman–Crippen MR) is 91.9 cm³/mol. The van der Waals surface area contributed by atoms with Gasteiger partial charge in [0.05, 0.1) is 11.1 Å². The first-order valence-corrected chi connectivity index (χ1v) is 8.58. The normalized spacial score (nSPS) is 15.0. The number of amides is 2. The molecular weight excluding hydrogens is 318 g/mol. The zero-order chi connectivity index (χ0) is 17.2. The Morgan fingerprint density at radius 1 is 0.840 bits per heavy atom. The zero-order valence-electron chi connectivity index (χ0n) is 13.9. The standard InChI is InChI=1S/C20H19NO4/c22-19-15-7-3-4-8-16(15)20(23)21(19)11-5-1-2-6-14-9-10-17-18(12-14)25-13-24-17/h3-4,7-10,12H,1-2,5-6,11,13H2. The van der Waals surface area contributed by atoms with Gasteiger partial charge in [0.2, 0.25) is 6.79 Å². The fourth-order valence-electron chi connectivity index (χ4n) is 3.31. The van der Waals surface area contributed by atoms with E-state index < -0.39 is 0 Å². The van der Waals surface area contributed by atoms with Crippen LogP contribution in [0.5, 0.6) is 11.5 Å². The van der Waals surface area contributed by atoms with Crippen molar-refractivity contribution in [2.45, 2.75) is 25.7 Å². The number of fused-ring (bicyclic) bond motifs is 2. The molecule has 128 valence electrons. The van der Waals surface area contributed by atoms with Crippen LogP contribution in [0.25, 0.3) is 0 Å². The summed E-state index contributed by atoms with van der Waals surface area (Å²) in [4.78, 5) is 25.9. The minimum Gasteiger partial charge on any atom is -0.454 e. The molecule has 2 aliphatic rings. The Bertz CT molecular complexity index is 795. The Morgan fingerprint density at radius 3 is 2.32 bits per heavy atom. The average Bonchev–Trinajstić information content (AvgIpc) is 3.19. The first-order valence-electron chi connectivity index (χ1n) is 8.58. The summed E-state index contributed by atoms with van der Waals surface area (Å²) in [6.45, 7) is 0.770. The number of carbonyl (C=O) groups is 2. The third kappa shape index (κ3) is 2.97. The number of hydrogen-bond donors (Lipinski definition) is 0. The van der Waals surface area contributed by atoms with Crippen LogP contribution in [0.1, 0.15) is 45.5 Å². The predicted octanol–water partition coefficient (Wildman–Crippen LogP) is 3.42. The number of unbranched alkanes of at least 4 members (excludes halogenated alkanes) is 2. The Kier molecular flexibility index (Phi) is 4.14. The molecule has 2 aliphatic heterocycles. The Morgan fingerprint density at radius 2 is 1.56 bits per heavy atom. The fourth-order valence-corrected chi connectivity index (χ4v) is 3.31. The van der Waals surface area contributed by atoms with Gasteiger partial charge < -0.3 is 9.47 Å². The monoisotopic (exact) mass is 337 g/mol. The van der Waals surface area contributed by atoms with Gasteiger partial charge in [0, 0.05) is 6.54 Å². The van der Waals surface area contributed by atoms with Crippen LogP contribution >= 0.6 is 0 Å². The molecule has 2 amide bonds. The summed E-state index contributed by atoms with van der Waals surface area (Å²) in [5.41, 5.74) is 2.26. The molecule has 0 atom stereocenters. The summed E-state index contributed by atoms with van der Waals surface area (Å²) < 4.78 is 10.7. The number of imide groups is 1. The Hall–Kier alpha value is -2.82. The summed E-state index contributed by atoms with van der Waals surface area (Å²) in [6, 6.07) is 13.0. The van der Waals surface area contributed by atoms with E-state index in [1.165, 1.54) is 10.5 Å². The van der Waals surface area contributed by atoms with Crippen molar-refractivity contribution in [3.8, 4) is 11.5 Å². The molecule has 2 aromatic carbocycles. The average molecular weight is 337 g/mol. The maximum atomic E-state index is 12.3. The van der Waals surface area contributed by atoms with Gasteiger partial charge in [0.1, 0.15) is 0 Å². The molecule has 0 saturated carbocycles. The second kappa shape index (κ2) is 6.59. The van der Waals surface area contributed by atoms with Crippen molar-refractivity contribution in [3.63, 3.8) is 0 Å². The number of rotatable bonds is 6. The Labute approximate surface area is 146 Å². The smallest absolute Gasteiger partial charge is 0.261 e. The van der Waals surface area contributed by atoms with E-state index in [2.05, 4.69) is 6.07 Å². The quantitative estimate of drug-likeness (QED) is 0.599. The van der Waals surface area contributed by atoms with Crippen LogP contribution in [-0.4, -0.2) is 30.1 Å². The third-order valence-corrected chi connectivity index (χ3v) is 4.66. The first kappa shape index (κ1) is 15.7. The molecular formula is C20H19NO4. The largest absolute Gasteiger partial charge is 0.454 e. The number of aryl methyl sites for hydroxylation is 1. The summed E-state index contributed by atoms with van der Waals surface area (Å²) in [5, 5.41) is 0. The summed E-state index contributed by atoms with van der Waals surface area (Å²) >= 11 is 0. The molecule has 0 spiro atoms. The van der Waals surface area contributed by atoms with Crippen LogP contribution in [0.4, 0.5) is 0 Å². The van der Waals surface area contributed by atoms with E-state index in [1.54, 1.807) is 24.3 Å². The molecule has 0 aromatic heterocycles. The highest BCUT2D eigenvalue weighted by molar-refractivity contribution is 6.21. The lowest BCUT2D eigenvalue weighted by atomic mass is 10.1. The number of hydrogen-bond acceptors (Lipinski definition) is 4. The summed E-state index contributed by atoms with van der Waals surface area (Å²) in [7, 11) is 0. The van der Waals surface area contributed by atoms with Crippen LogP contribution in [0.2, 0.25) is 0 Å². The van der Waals surface area contributed by atoms with Crippen molar-refractivity contribution < 1.29 is 19.1 Å². The van der Waals surface area contributed by atoms with E-state index in [-0.39, 0.29) is 11.8 Å². The number of carbonyl (C=O) groups excluding carboxylic acids is 2. The van der Waals surface area contributed by atoms with Crippen molar-refractivity contribution in [1.29, 1.82) is 0 Å². The highest BCUT2D eigenvalue weighted by Crippen LogP contribution is 2.33. The maximum absolute atomic E-state index is 12.3. The molecule has 0 unspecified atom stereocenters. The summed E-state index contributed by atoms with van der Waals surface area (Å²) in [5.74, 6) is 1.27. The fraction of sp³-hybridized carbons (Fsp3) is 0.300. The highest BCUT2D eigenvalue weighted by atomic mass is 16.7. The number of benzene rings is 2. The highest BCUT2D eigenvalue weighted by Gasteiger charge is 2.34. The molecule has 5 heteroatoms. The van der Waals surface area contributed by atoms with Crippen LogP contribution in [-0.2, 0) is 6.42 Å². The van der Waals surface area contributed by atoms with Crippen molar-refractivity contribution in [1.82, 2.24) is 4.90 Å². The van der Waals surface area contributed by atoms with Gasteiger partial charge in [-0.25, -0.2) is 0 Å². The number of nitrogens with zero attached hydrogens (tertiary/aromatic N) is 1. The van der Waals surface area contributed by atoms with E-state index in [0.29, 0.717) is 24.5 Å². The molecule has 4 rings (SSSR count). The second-order valence-electron chi connectivity index (χ2n) is 6.31. The molecule has 0 saturated heterocycles. The van der Waals surface area contributed by atoms with Gasteiger partial charge in [-0.05, 0) is 49.1 Å². The molecule has 0 N–H and O–H groups in total. The van der Waals surface area contributed by atoms with E-state index in [1.807, 2.05) is 12.1 Å². The molecule has 0 aliphatic carbocycles. The number of ether oxygens (including phenoxy) is 2. The second-order valence-corrected chi connectivity index (χ2v) is 6.31. The zero-order valence-corrected chi connectivity index (χ0v) is 13.9. The van der Waals surface area contributed by atoms with Gasteiger partial charge in [-0.3, -0.25) is 14.5 Å². The molecule has 2 heterocycles. The van der Waals surface area contributed by atoms with Crippen LogP contribution < -0.4 is 9.47 Å². The van der Waals surface area contributed by atoms with Gasteiger partial charge in [-0.2, -0.15) is 0 Å². The van der Waals surface area contributed by atoms with E-state index in [9.17, 15) is 9.59 Å².